The van der Waals surface area contributed by atoms with Crippen molar-refractivity contribution in [2.45, 2.75) is 58.2 Å². The minimum absolute atomic E-state index is 0.0103. The average molecular weight is 554 g/mol. The molecule has 0 saturated heterocycles. The van der Waals surface area contributed by atoms with Gasteiger partial charge in [0.25, 0.3) is 5.91 Å². The lowest BCUT2D eigenvalue weighted by atomic mass is 10.00. The Bertz CT molecular complexity index is 1230. The zero-order valence-electron chi connectivity index (χ0n) is 23.0. The van der Waals surface area contributed by atoms with Crippen LogP contribution < -0.4 is 10.6 Å². The Labute approximate surface area is 233 Å². The topological polar surface area (TPSA) is 154 Å². The van der Waals surface area contributed by atoms with E-state index in [1.54, 1.807) is 45.9 Å². The highest BCUT2D eigenvalue weighted by atomic mass is 16.6. The summed E-state index contributed by atoms with van der Waals surface area (Å²) >= 11 is 0. The molecule has 0 heterocycles. The maximum Gasteiger partial charge on any atom is 0.408 e. The lowest BCUT2D eigenvalue weighted by Gasteiger charge is -2.30. The highest BCUT2D eigenvalue weighted by Gasteiger charge is 2.37. The van der Waals surface area contributed by atoms with Crippen molar-refractivity contribution in [1.82, 2.24) is 15.5 Å². The number of nitrogens with one attached hydrogen (secondary N) is 2. The van der Waals surface area contributed by atoms with Crippen molar-refractivity contribution in [2.24, 2.45) is 0 Å². The molecule has 0 aliphatic rings. The van der Waals surface area contributed by atoms with Gasteiger partial charge in [0.15, 0.2) is 6.04 Å². The third kappa shape index (κ3) is 9.54. The van der Waals surface area contributed by atoms with Gasteiger partial charge in [-0.25, -0.2) is 4.79 Å². The molecular weight excluding hydrogens is 518 g/mol. The van der Waals surface area contributed by atoms with Crippen LogP contribution in [0.4, 0.5) is 4.79 Å². The third-order valence-electron chi connectivity index (χ3n) is 5.41. The summed E-state index contributed by atoms with van der Waals surface area (Å²) < 4.78 is 10.2. The highest BCUT2D eigenvalue weighted by molar-refractivity contribution is 5.94. The zero-order chi connectivity index (χ0) is 29.9. The van der Waals surface area contributed by atoms with Gasteiger partial charge in [-0.1, -0.05) is 36.8 Å². The zero-order valence-corrected chi connectivity index (χ0v) is 23.0. The molecule has 2 aromatic carbocycles. The molecule has 3 amide bonds. The van der Waals surface area contributed by atoms with Crippen LogP contribution in [-0.4, -0.2) is 63.8 Å². The molecule has 40 heavy (non-hydrogen) atoms. The van der Waals surface area contributed by atoms with E-state index in [4.69, 9.17) is 15.9 Å². The number of nitrogens with zero attached hydrogens (tertiary/aromatic N) is 1. The number of phenols is 2. The third-order valence-corrected chi connectivity index (χ3v) is 5.41. The van der Waals surface area contributed by atoms with Gasteiger partial charge in [0, 0.05) is 24.6 Å². The normalized spacial score (nSPS) is 12.3. The number of ether oxygens (including phenoxy) is 2. The van der Waals surface area contributed by atoms with Crippen molar-refractivity contribution in [2.75, 3.05) is 13.2 Å². The minimum Gasteiger partial charge on any atom is -0.508 e. The van der Waals surface area contributed by atoms with Gasteiger partial charge >= 0.3 is 12.1 Å². The number of carbonyl (C=O) groups excluding carboxylic acids is 4. The SMILES string of the molecule is C#CN(C(=O)C(Cc1ccc(O)cc1)NC(=O)OC(C)(C)C)C(C(=O)NCCC(=O)OCC)c1ccccc1O. The van der Waals surface area contributed by atoms with Gasteiger partial charge in [0.05, 0.1) is 13.0 Å². The number of alkyl carbamates (subject to hydrolysis) is 1. The number of benzene rings is 2. The quantitative estimate of drug-likeness (QED) is 0.188. The number of esters is 1. The van der Waals surface area contributed by atoms with Crippen LogP contribution in [0.3, 0.4) is 0 Å². The number of hydrogen-bond donors (Lipinski definition) is 4. The Balaban J connectivity index is 2.44. The highest BCUT2D eigenvalue weighted by Crippen LogP contribution is 2.29. The fourth-order valence-electron chi connectivity index (χ4n) is 3.68. The second-order valence-electron chi connectivity index (χ2n) is 9.71. The molecule has 4 N–H and O–H groups in total. The molecule has 0 bridgehead atoms. The van der Waals surface area contributed by atoms with Crippen LogP contribution in [0.15, 0.2) is 48.5 Å². The number of rotatable bonds is 11. The summed E-state index contributed by atoms with van der Waals surface area (Å²) in [6.07, 6.45) is 4.67. The molecule has 214 valence electrons. The van der Waals surface area contributed by atoms with Crippen LogP contribution in [0.25, 0.3) is 0 Å². The second kappa shape index (κ2) is 14.4. The van der Waals surface area contributed by atoms with E-state index in [-0.39, 0.29) is 43.1 Å². The molecule has 0 spiro atoms. The lowest BCUT2D eigenvalue weighted by Crippen LogP contribution is -2.52. The molecule has 0 aliphatic carbocycles. The van der Waals surface area contributed by atoms with Gasteiger partial charge in [-0.3, -0.25) is 19.3 Å². The first kappa shape index (κ1) is 31.5. The Kier molecular flexibility index (Phi) is 11.4. The van der Waals surface area contributed by atoms with E-state index in [0.29, 0.717) is 5.56 Å². The molecule has 2 aromatic rings. The summed E-state index contributed by atoms with van der Waals surface area (Å²) in [5.41, 5.74) is -0.260. The van der Waals surface area contributed by atoms with E-state index < -0.39 is 41.6 Å². The van der Waals surface area contributed by atoms with E-state index in [9.17, 15) is 29.4 Å². The van der Waals surface area contributed by atoms with Gasteiger partial charge in [0.2, 0.25) is 5.91 Å². The fraction of sp³-hybridized carbons (Fsp3) is 0.379. The molecule has 0 aliphatic heterocycles. The Morgan fingerprint density at radius 3 is 2.27 bits per heavy atom. The minimum atomic E-state index is -1.51. The van der Waals surface area contributed by atoms with E-state index in [1.807, 2.05) is 0 Å². The van der Waals surface area contributed by atoms with Crippen LogP contribution in [0.5, 0.6) is 11.5 Å². The first-order valence-corrected chi connectivity index (χ1v) is 12.6. The van der Waals surface area contributed by atoms with Crippen LogP contribution in [0, 0.1) is 12.5 Å². The summed E-state index contributed by atoms with van der Waals surface area (Å²) in [5, 5.41) is 25.2. The number of para-hydroxylation sites is 1. The van der Waals surface area contributed by atoms with Crippen molar-refractivity contribution < 1.29 is 38.9 Å². The number of phenolic OH excluding ortho intramolecular Hbond substituents is 2. The average Bonchev–Trinajstić information content (AvgIpc) is 2.87. The summed E-state index contributed by atoms with van der Waals surface area (Å²) in [6.45, 7) is 6.70. The molecule has 2 atom stereocenters. The van der Waals surface area contributed by atoms with Crippen molar-refractivity contribution >= 4 is 23.9 Å². The molecule has 0 fully saturated rings. The lowest BCUT2D eigenvalue weighted by molar-refractivity contribution is -0.143. The monoisotopic (exact) mass is 553 g/mol. The van der Waals surface area contributed by atoms with Crippen molar-refractivity contribution in [3.05, 3.63) is 59.7 Å². The van der Waals surface area contributed by atoms with Crippen molar-refractivity contribution in [3.8, 4) is 24.0 Å². The van der Waals surface area contributed by atoms with Crippen LogP contribution >= 0.6 is 0 Å². The van der Waals surface area contributed by atoms with Crippen LogP contribution in [0.2, 0.25) is 0 Å². The number of carbonyl (C=O) groups is 4. The van der Waals surface area contributed by atoms with E-state index >= 15 is 0 Å². The summed E-state index contributed by atoms with van der Waals surface area (Å²) in [7, 11) is 0. The molecule has 0 radical (unpaired) electrons. The van der Waals surface area contributed by atoms with Gasteiger partial charge in [-0.15, -0.1) is 0 Å². The summed E-state index contributed by atoms with van der Waals surface area (Å²) in [6, 6.07) is 11.2. The molecular formula is C29H35N3O8. The van der Waals surface area contributed by atoms with E-state index in [0.717, 1.165) is 4.90 Å². The number of amides is 3. The first-order valence-electron chi connectivity index (χ1n) is 12.6. The van der Waals surface area contributed by atoms with Crippen molar-refractivity contribution in [1.29, 1.82) is 0 Å². The smallest absolute Gasteiger partial charge is 0.408 e. The predicted molar refractivity (Wildman–Crippen MR) is 146 cm³/mol. The number of terminal acetylenes is 1. The Morgan fingerprint density at radius 2 is 1.70 bits per heavy atom. The second-order valence-corrected chi connectivity index (χ2v) is 9.71. The van der Waals surface area contributed by atoms with Crippen LogP contribution in [0.1, 0.15) is 51.3 Å². The molecule has 2 rings (SSSR count). The van der Waals surface area contributed by atoms with Crippen LogP contribution in [-0.2, 0) is 30.3 Å². The molecule has 11 heteroatoms. The molecule has 0 saturated carbocycles. The molecule has 11 nitrogen and oxygen atoms in total. The Hall–Kier alpha value is -4.72. The Morgan fingerprint density at radius 1 is 1.05 bits per heavy atom. The fourth-order valence-corrected chi connectivity index (χ4v) is 3.68. The summed E-state index contributed by atoms with van der Waals surface area (Å²) in [5.74, 6) is -2.41. The van der Waals surface area contributed by atoms with E-state index in [2.05, 4.69) is 16.7 Å². The van der Waals surface area contributed by atoms with Gasteiger partial charge < -0.3 is 30.3 Å². The largest absolute Gasteiger partial charge is 0.508 e. The number of hydrogen-bond acceptors (Lipinski definition) is 8. The maximum atomic E-state index is 13.9. The molecule has 0 aromatic heterocycles. The predicted octanol–water partition coefficient (Wildman–Crippen LogP) is 2.76. The standard InChI is InChI=1S/C29H35N3O8/c1-6-32(25(21-10-8-9-11-23(21)34)26(36)30-17-16-24(35)39-7-2)27(37)22(31-28(38)40-29(3,4)5)18-19-12-14-20(33)15-13-19/h1,8-15,22,25,33-34H,7,16-18H2,2-5H3,(H,30,36)(H,31,38). The maximum absolute atomic E-state index is 13.9. The van der Waals surface area contributed by atoms with E-state index in [1.165, 1.54) is 30.3 Å². The molecule has 2 unspecified atom stereocenters. The first-order chi connectivity index (χ1) is 18.9. The van der Waals surface area contributed by atoms with Gasteiger partial charge in [-0.05, 0) is 51.5 Å². The summed E-state index contributed by atoms with van der Waals surface area (Å²) in [4.78, 5) is 52.4. The number of aromatic hydroxyl groups is 2. The van der Waals surface area contributed by atoms with Crippen molar-refractivity contribution in [3.63, 3.8) is 0 Å². The van der Waals surface area contributed by atoms with Gasteiger partial charge in [-0.2, -0.15) is 0 Å². The van der Waals surface area contributed by atoms with Gasteiger partial charge in [0.1, 0.15) is 23.1 Å².